The Morgan fingerprint density at radius 3 is 2.58 bits per heavy atom. The van der Waals surface area contributed by atoms with Crippen LogP contribution in [0.4, 0.5) is 16.2 Å². The number of unbranched alkanes of at least 4 members (excludes halogenated alkanes) is 1. The maximum atomic E-state index is 12.4. The Morgan fingerprint density at radius 1 is 1.16 bits per heavy atom. The van der Waals surface area contributed by atoms with Gasteiger partial charge in [0.15, 0.2) is 5.69 Å². The van der Waals surface area contributed by atoms with Gasteiger partial charge in [0.05, 0.1) is 20.7 Å². The van der Waals surface area contributed by atoms with Gasteiger partial charge in [0.1, 0.15) is 5.75 Å². The molecule has 0 saturated carbocycles. The number of urea groups is 1. The van der Waals surface area contributed by atoms with Crippen molar-refractivity contribution >= 4 is 70.7 Å². The molecule has 0 atom stereocenters. The number of hydrogen-bond acceptors (Lipinski definition) is 6. The molecule has 0 bridgehead atoms. The largest absolute Gasteiger partial charge is 0.422 e. The van der Waals surface area contributed by atoms with Gasteiger partial charge in [-0.25, -0.2) is 18.9 Å². The molecule has 0 spiro atoms. The van der Waals surface area contributed by atoms with Crippen LogP contribution in [0.3, 0.4) is 0 Å². The summed E-state index contributed by atoms with van der Waals surface area (Å²) in [7, 11) is 0. The number of carbonyl (C=O) groups is 2. The predicted molar refractivity (Wildman–Crippen MR) is 129 cm³/mol. The van der Waals surface area contributed by atoms with Gasteiger partial charge in [-0.15, -0.1) is 11.3 Å². The number of aromatic nitrogens is 1. The molecule has 162 valence electrons. The number of hydrogen-bond donors (Lipinski definition) is 2. The summed E-state index contributed by atoms with van der Waals surface area (Å²) in [4.78, 5) is 29.0. The van der Waals surface area contributed by atoms with E-state index in [1.807, 2.05) is 0 Å². The number of halogens is 2. The zero-order valence-electron chi connectivity index (χ0n) is 16.5. The maximum absolute atomic E-state index is 12.4. The molecule has 0 aliphatic carbocycles. The van der Waals surface area contributed by atoms with Crippen molar-refractivity contribution in [1.29, 1.82) is 0 Å². The van der Waals surface area contributed by atoms with Crippen LogP contribution in [0.15, 0.2) is 47.8 Å². The van der Waals surface area contributed by atoms with Crippen molar-refractivity contribution in [2.24, 2.45) is 0 Å². The first-order valence-corrected chi connectivity index (χ1v) is 11.4. The van der Waals surface area contributed by atoms with Crippen molar-refractivity contribution in [1.82, 2.24) is 4.98 Å². The number of ether oxygens (including phenoxy) is 1. The number of amides is 2. The number of esters is 1. The minimum Gasteiger partial charge on any atom is -0.422 e. The van der Waals surface area contributed by atoms with Gasteiger partial charge >= 0.3 is 12.0 Å². The van der Waals surface area contributed by atoms with Gasteiger partial charge in [0.2, 0.25) is 0 Å². The summed E-state index contributed by atoms with van der Waals surface area (Å²) in [6.45, 7) is 2.11. The Balaban J connectivity index is 1.59. The Hall–Kier alpha value is -2.26. The Kier molecular flexibility index (Phi) is 8.20. The maximum Gasteiger partial charge on any atom is 0.363 e. The van der Waals surface area contributed by atoms with E-state index in [4.69, 9.17) is 27.9 Å². The van der Waals surface area contributed by atoms with Crippen LogP contribution in [0.5, 0.6) is 5.75 Å². The second-order valence-electron chi connectivity index (χ2n) is 6.48. The number of thiazole rings is 1. The van der Waals surface area contributed by atoms with Gasteiger partial charge in [-0.05, 0) is 55.3 Å². The lowest BCUT2D eigenvalue weighted by Gasteiger charge is -2.17. The smallest absolute Gasteiger partial charge is 0.363 e. The van der Waals surface area contributed by atoms with Crippen LogP contribution in [0.2, 0.25) is 10.0 Å². The molecule has 0 saturated heterocycles. The molecule has 0 aliphatic heterocycles. The molecule has 0 aliphatic rings. The van der Waals surface area contributed by atoms with E-state index < -0.39 is 12.0 Å². The van der Waals surface area contributed by atoms with Crippen molar-refractivity contribution in [3.05, 3.63) is 68.6 Å². The molecule has 0 unspecified atom stereocenters. The van der Waals surface area contributed by atoms with Crippen LogP contribution in [0.1, 0.15) is 35.3 Å². The number of anilines is 2. The molecule has 6 nitrogen and oxygen atoms in total. The van der Waals surface area contributed by atoms with E-state index >= 15 is 0 Å². The zero-order chi connectivity index (χ0) is 22.4. The summed E-state index contributed by atoms with van der Waals surface area (Å²) in [5.41, 5.74) is 1.25. The topological polar surface area (TPSA) is 71.5 Å². The van der Waals surface area contributed by atoms with E-state index in [2.05, 4.69) is 30.0 Å². The summed E-state index contributed by atoms with van der Waals surface area (Å²) in [6.07, 6.45) is 2.95. The fourth-order valence-corrected chi connectivity index (χ4v) is 3.82. The van der Waals surface area contributed by atoms with Crippen LogP contribution >= 0.6 is 47.4 Å². The lowest BCUT2D eigenvalue weighted by molar-refractivity contribution is 0.0729. The SMILES string of the molecule is CCCCc1nc(C(=O)Oc2ccc(N(S)C(=O)Nc3ccc(Cl)c(Cl)c3)cc2)cs1. The summed E-state index contributed by atoms with van der Waals surface area (Å²) in [5.74, 6) is -0.185. The number of benzene rings is 2. The van der Waals surface area contributed by atoms with Gasteiger partial charge in [-0.3, -0.25) is 0 Å². The molecule has 3 rings (SSSR count). The Bertz CT molecular complexity index is 1070. The number of thiol groups is 1. The van der Waals surface area contributed by atoms with Crippen LogP contribution < -0.4 is 14.4 Å². The third-order valence-corrected chi connectivity index (χ3v) is 6.22. The van der Waals surface area contributed by atoms with Crippen molar-refractivity contribution < 1.29 is 14.3 Å². The summed E-state index contributed by atoms with van der Waals surface area (Å²) >= 11 is 17.5. The standard InChI is InChI=1S/C21H19Cl2N3O3S2/c1-2-3-4-19-25-18(12-31-19)20(27)29-15-8-6-14(7-9-15)26(30)21(28)24-13-5-10-16(22)17(23)11-13/h5-12,30H,2-4H2,1H3,(H,24,28). The fraction of sp³-hybridized carbons (Fsp3) is 0.190. The molecule has 0 fully saturated rings. The summed E-state index contributed by atoms with van der Waals surface area (Å²) in [5, 5.41) is 6.01. The molecule has 10 heteroatoms. The zero-order valence-corrected chi connectivity index (χ0v) is 19.7. The molecule has 0 radical (unpaired) electrons. The van der Waals surface area contributed by atoms with Crippen molar-refractivity contribution in [2.75, 3.05) is 9.62 Å². The van der Waals surface area contributed by atoms with E-state index in [-0.39, 0.29) is 5.69 Å². The van der Waals surface area contributed by atoms with E-state index in [0.717, 1.165) is 28.6 Å². The van der Waals surface area contributed by atoms with Crippen molar-refractivity contribution in [3.63, 3.8) is 0 Å². The van der Waals surface area contributed by atoms with E-state index in [1.54, 1.807) is 41.8 Å². The van der Waals surface area contributed by atoms with E-state index in [1.165, 1.54) is 17.4 Å². The van der Waals surface area contributed by atoms with Crippen molar-refractivity contribution in [3.8, 4) is 5.75 Å². The monoisotopic (exact) mass is 495 g/mol. The van der Waals surface area contributed by atoms with Crippen LogP contribution in [-0.4, -0.2) is 17.0 Å². The third-order valence-electron chi connectivity index (χ3n) is 4.16. The van der Waals surface area contributed by atoms with E-state index in [0.29, 0.717) is 27.2 Å². The quantitative estimate of drug-likeness (QED) is 0.212. The minimum absolute atomic E-state index is 0.289. The normalized spacial score (nSPS) is 10.6. The minimum atomic E-state index is -0.521. The molecule has 1 N–H and O–H groups in total. The van der Waals surface area contributed by atoms with Gasteiger partial charge < -0.3 is 10.1 Å². The highest BCUT2D eigenvalue weighted by molar-refractivity contribution is 7.82. The predicted octanol–water partition coefficient (Wildman–Crippen LogP) is 6.90. The molecular weight excluding hydrogens is 477 g/mol. The Labute approximate surface area is 199 Å². The van der Waals surface area contributed by atoms with Gasteiger partial charge in [-0.2, -0.15) is 0 Å². The summed E-state index contributed by atoms with van der Waals surface area (Å²) < 4.78 is 6.49. The highest BCUT2D eigenvalue weighted by atomic mass is 35.5. The lowest BCUT2D eigenvalue weighted by atomic mass is 10.3. The number of nitrogens with one attached hydrogen (secondary N) is 1. The molecule has 31 heavy (non-hydrogen) atoms. The van der Waals surface area contributed by atoms with E-state index in [9.17, 15) is 9.59 Å². The second kappa shape index (κ2) is 10.9. The first-order valence-electron chi connectivity index (χ1n) is 9.39. The molecular formula is C21H19Cl2N3O3S2. The number of rotatable bonds is 7. The van der Waals surface area contributed by atoms with Crippen LogP contribution in [0, 0.1) is 0 Å². The molecule has 3 aromatic rings. The highest BCUT2D eigenvalue weighted by Crippen LogP contribution is 2.27. The molecule has 2 amide bonds. The summed E-state index contributed by atoms with van der Waals surface area (Å²) in [6, 6.07) is 10.6. The highest BCUT2D eigenvalue weighted by Gasteiger charge is 2.16. The first kappa shape index (κ1) is 23.4. The first-order chi connectivity index (χ1) is 14.9. The van der Waals surface area contributed by atoms with Gasteiger partial charge in [0.25, 0.3) is 0 Å². The number of aryl methyl sites for hydroxylation is 1. The van der Waals surface area contributed by atoms with Gasteiger partial charge in [0, 0.05) is 11.1 Å². The van der Waals surface area contributed by atoms with Crippen LogP contribution in [-0.2, 0) is 6.42 Å². The lowest BCUT2D eigenvalue weighted by Crippen LogP contribution is -2.26. The van der Waals surface area contributed by atoms with Crippen molar-refractivity contribution in [2.45, 2.75) is 26.2 Å². The number of nitrogens with zero attached hydrogens (tertiary/aromatic N) is 2. The average Bonchev–Trinajstić information content (AvgIpc) is 3.24. The Morgan fingerprint density at radius 2 is 1.90 bits per heavy atom. The third kappa shape index (κ3) is 6.36. The molecule has 2 aromatic carbocycles. The number of carbonyl (C=O) groups excluding carboxylic acids is 2. The van der Waals surface area contributed by atoms with Gasteiger partial charge in [-0.1, -0.05) is 49.4 Å². The molecule has 1 aromatic heterocycles. The second-order valence-corrected chi connectivity index (χ2v) is 8.64. The average molecular weight is 496 g/mol. The molecule has 1 heterocycles. The fourth-order valence-electron chi connectivity index (χ4n) is 2.53. The van der Waals surface area contributed by atoms with Crippen LogP contribution in [0.25, 0.3) is 0 Å².